The van der Waals surface area contributed by atoms with Gasteiger partial charge in [0.1, 0.15) is 5.84 Å². The largest absolute Gasteiger partial charge is 0.409 e. The Kier molecular flexibility index (Phi) is 8.09. The van der Waals surface area contributed by atoms with Gasteiger partial charge in [0.15, 0.2) is 0 Å². The first-order valence-electron chi connectivity index (χ1n) is 6.51. The van der Waals surface area contributed by atoms with Gasteiger partial charge in [-0.15, -0.1) is 0 Å². The van der Waals surface area contributed by atoms with Crippen molar-refractivity contribution in [3.63, 3.8) is 0 Å². The maximum atomic E-state index is 8.70. The van der Waals surface area contributed by atoms with Gasteiger partial charge in [-0.25, -0.2) is 0 Å². The summed E-state index contributed by atoms with van der Waals surface area (Å²) in [7, 11) is 0. The van der Waals surface area contributed by atoms with Gasteiger partial charge in [-0.05, 0) is 37.0 Å². The van der Waals surface area contributed by atoms with Crippen molar-refractivity contribution < 1.29 is 5.21 Å². The number of nitrogens with two attached hydrogens (primary N) is 1. The van der Waals surface area contributed by atoms with Crippen LogP contribution in [-0.4, -0.2) is 29.6 Å². The number of nitrogens with zero attached hydrogens (tertiary/aromatic N) is 1. The van der Waals surface area contributed by atoms with E-state index in [4.69, 9.17) is 10.9 Å². The van der Waals surface area contributed by atoms with Crippen LogP contribution in [0.3, 0.4) is 0 Å². The zero-order chi connectivity index (χ0) is 13.9. The topological polar surface area (TPSA) is 70.6 Å². The number of nitrogens with one attached hydrogen (secondary N) is 1. The Morgan fingerprint density at radius 3 is 2.74 bits per heavy atom. The molecule has 0 amide bonds. The summed E-state index contributed by atoms with van der Waals surface area (Å²) in [6.45, 7) is 0.943. The van der Waals surface area contributed by atoms with Crippen molar-refractivity contribution in [1.29, 1.82) is 0 Å². The summed E-state index contributed by atoms with van der Waals surface area (Å²) in [6.07, 6.45) is 4.99. The molecule has 0 saturated heterocycles. The van der Waals surface area contributed by atoms with Crippen molar-refractivity contribution in [2.45, 2.75) is 25.3 Å². The zero-order valence-corrected chi connectivity index (χ0v) is 12.2. The molecule has 0 aliphatic rings. The van der Waals surface area contributed by atoms with E-state index in [0.717, 1.165) is 13.0 Å². The van der Waals surface area contributed by atoms with E-state index in [1.165, 1.54) is 17.7 Å². The third kappa shape index (κ3) is 6.50. The second-order valence-electron chi connectivity index (χ2n) is 4.41. The average Bonchev–Trinajstić information content (AvgIpc) is 2.46. The highest BCUT2D eigenvalue weighted by Gasteiger charge is 2.12. The van der Waals surface area contributed by atoms with Crippen LogP contribution in [0.5, 0.6) is 0 Å². The van der Waals surface area contributed by atoms with Crippen molar-refractivity contribution in [3.8, 4) is 0 Å². The minimum atomic E-state index is 0.103. The molecule has 1 aromatic rings. The summed E-state index contributed by atoms with van der Waals surface area (Å²) in [4.78, 5) is 0. The number of benzene rings is 1. The van der Waals surface area contributed by atoms with Crippen LogP contribution in [0.15, 0.2) is 35.5 Å². The third-order valence-electron chi connectivity index (χ3n) is 2.91. The van der Waals surface area contributed by atoms with Crippen molar-refractivity contribution in [3.05, 3.63) is 35.9 Å². The summed E-state index contributed by atoms with van der Waals surface area (Å²) in [5, 5.41) is 15.2. The van der Waals surface area contributed by atoms with Crippen LogP contribution < -0.4 is 11.1 Å². The fourth-order valence-electron chi connectivity index (χ4n) is 1.89. The van der Waals surface area contributed by atoms with E-state index < -0.39 is 0 Å². The van der Waals surface area contributed by atoms with Gasteiger partial charge in [0.25, 0.3) is 0 Å². The number of rotatable bonds is 9. The lowest BCUT2D eigenvalue weighted by molar-refractivity contribution is 0.315. The van der Waals surface area contributed by atoms with E-state index in [1.54, 1.807) is 0 Å². The predicted octanol–water partition coefficient (Wildman–Crippen LogP) is 2.60. The molecule has 1 aromatic carbocycles. The molecule has 19 heavy (non-hydrogen) atoms. The van der Waals surface area contributed by atoms with Crippen LogP contribution in [0, 0.1) is 0 Å². The van der Waals surface area contributed by atoms with Gasteiger partial charge >= 0.3 is 0 Å². The van der Waals surface area contributed by atoms with Crippen LogP contribution >= 0.6 is 11.8 Å². The van der Waals surface area contributed by atoms with Crippen molar-refractivity contribution in [2.75, 3.05) is 18.6 Å². The van der Waals surface area contributed by atoms with E-state index >= 15 is 0 Å². The minimum absolute atomic E-state index is 0.103. The summed E-state index contributed by atoms with van der Waals surface area (Å²) in [6, 6.07) is 10.2. The molecule has 0 saturated carbocycles. The third-order valence-corrected chi connectivity index (χ3v) is 3.61. The SMILES string of the molecule is CSCCCCNC(C/C(N)=N/O)c1ccccc1. The van der Waals surface area contributed by atoms with E-state index in [1.807, 2.05) is 30.0 Å². The van der Waals surface area contributed by atoms with Gasteiger partial charge < -0.3 is 16.3 Å². The average molecular weight is 281 g/mol. The van der Waals surface area contributed by atoms with E-state index in [-0.39, 0.29) is 11.9 Å². The zero-order valence-electron chi connectivity index (χ0n) is 11.4. The molecule has 0 heterocycles. The van der Waals surface area contributed by atoms with Crippen LogP contribution in [-0.2, 0) is 0 Å². The lowest BCUT2D eigenvalue weighted by Crippen LogP contribution is -2.27. The highest BCUT2D eigenvalue weighted by atomic mass is 32.2. The van der Waals surface area contributed by atoms with Crippen LogP contribution in [0.4, 0.5) is 0 Å². The smallest absolute Gasteiger partial charge is 0.141 e. The van der Waals surface area contributed by atoms with E-state index in [2.05, 4.69) is 28.9 Å². The fraction of sp³-hybridized carbons (Fsp3) is 0.500. The fourth-order valence-corrected chi connectivity index (χ4v) is 2.38. The Labute approximate surface area is 119 Å². The van der Waals surface area contributed by atoms with Crippen LogP contribution in [0.1, 0.15) is 30.9 Å². The number of unbranched alkanes of at least 4 members (excludes halogenated alkanes) is 1. The number of oxime groups is 1. The standard InChI is InChI=1S/C14H23N3OS/c1-19-10-6-5-9-16-13(11-14(15)17-18)12-7-3-2-4-8-12/h2-4,7-8,13,16,18H,5-6,9-11H2,1H3,(H2,15,17). The molecular formula is C14H23N3OS. The minimum Gasteiger partial charge on any atom is -0.409 e. The molecule has 4 N–H and O–H groups in total. The Balaban J connectivity index is 2.50. The number of hydrogen-bond donors (Lipinski definition) is 3. The molecule has 0 aliphatic heterocycles. The van der Waals surface area contributed by atoms with Crippen molar-refractivity contribution >= 4 is 17.6 Å². The first kappa shape index (κ1) is 15.9. The van der Waals surface area contributed by atoms with Crippen LogP contribution in [0.2, 0.25) is 0 Å². The van der Waals surface area contributed by atoms with Gasteiger partial charge in [-0.1, -0.05) is 35.5 Å². The highest BCUT2D eigenvalue weighted by Crippen LogP contribution is 2.16. The maximum Gasteiger partial charge on any atom is 0.141 e. The molecule has 0 aromatic heterocycles. The number of amidine groups is 1. The molecule has 0 spiro atoms. The predicted molar refractivity (Wildman–Crippen MR) is 82.8 cm³/mol. The molecule has 5 heteroatoms. The summed E-state index contributed by atoms with van der Waals surface area (Å²) < 4.78 is 0. The molecule has 0 fully saturated rings. The van der Waals surface area contributed by atoms with Gasteiger partial charge in [0, 0.05) is 12.5 Å². The van der Waals surface area contributed by atoms with Gasteiger partial charge in [-0.3, -0.25) is 0 Å². The monoisotopic (exact) mass is 281 g/mol. The maximum absolute atomic E-state index is 8.70. The molecule has 0 aliphatic carbocycles. The highest BCUT2D eigenvalue weighted by molar-refractivity contribution is 7.98. The van der Waals surface area contributed by atoms with Gasteiger partial charge in [-0.2, -0.15) is 11.8 Å². The molecular weight excluding hydrogens is 258 g/mol. The first-order valence-corrected chi connectivity index (χ1v) is 7.91. The molecule has 1 unspecified atom stereocenters. The summed E-state index contributed by atoms with van der Waals surface area (Å²) in [5.41, 5.74) is 6.79. The van der Waals surface area contributed by atoms with Gasteiger partial charge in [0.2, 0.25) is 0 Å². The molecule has 106 valence electrons. The molecule has 1 rings (SSSR count). The Morgan fingerprint density at radius 2 is 2.11 bits per heavy atom. The second-order valence-corrected chi connectivity index (χ2v) is 5.40. The van der Waals surface area contributed by atoms with E-state index in [9.17, 15) is 0 Å². The molecule has 4 nitrogen and oxygen atoms in total. The molecule has 1 atom stereocenters. The number of thioether (sulfide) groups is 1. The second kappa shape index (κ2) is 9.69. The van der Waals surface area contributed by atoms with Crippen LogP contribution in [0.25, 0.3) is 0 Å². The Bertz CT molecular complexity index is 370. The lowest BCUT2D eigenvalue weighted by atomic mass is 10.0. The normalized spacial score (nSPS) is 13.4. The molecule has 0 radical (unpaired) electrons. The van der Waals surface area contributed by atoms with Crippen molar-refractivity contribution in [1.82, 2.24) is 5.32 Å². The quantitative estimate of drug-likeness (QED) is 0.214. The van der Waals surface area contributed by atoms with Crippen molar-refractivity contribution in [2.24, 2.45) is 10.9 Å². The Morgan fingerprint density at radius 1 is 1.37 bits per heavy atom. The molecule has 0 bridgehead atoms. The lowest BCUT2D eigenvalue weighted by Gasteiger charge is -2.18. The first-order chi connectivity index (χ1) is 9.27. The van der Waals surface area contributed by atoms with E-state index in [0.29, 0.717) is 6.42 Å². The number of hydrogen-bond acceptors (Lipinski definition) is 4. The summed E-state index contributed by atoms with van der Waals surface area (Å²) >= 11 is 1.87. The van der Waals surface area contributed by atoms with Gasteiger partial charge in [0.05, 0.1) is 0 Å². The Hall–Kier alpha value is -1.20. The summed E-state index contributed by atoms with van der Waals surface area (Å²) in [5.74, 6) is 1.45.